The van der Waals surface area contributed by atoms with E-state index >= 15 is 0 Å². The molecule has 8 nitrogen and oxygen atoms in total. The van der Waals surface area contributed by atoms with Crippen molar-refractivity contribution in [1.82, 2.24) is 15.1 Å². The van der Waals surface area contributed by atoms with E-state index in [0.29, 0.717) is 26.2 Å². The van der Waals surface area contributed by atoms with E-state index in [1.54, 1.807) is 19.6 Å². The van der Waals surface area contributed by atoms with Gasteiger partial charge in [-0.05, 0) is 30.3 Å². The molecule has 3 heterocycles. The first kappa shape index (κ1) is 20.3. The normalized spacial score (nSPS) is 20.2. The molecule has 160 valence electrons. The summed E-state index contributed by atoms with van der Waals surface area (Å²) in [6.45, 7) is 4.78. The molecule has 0 bridgehead atoms. The second-order valence-corrected chi connectivity index (χ2v) is 7.68. The summed E-state index contributed by atoms with van der Waals surface area (Å²) in [4.78, 5) is 31.6. The van der Waals surface area contributed by atoms with Crippen molar-refractivity contribution in [2.24, 2.45) is 0 Å². The smallest absolute Gasteiger partial charge is 0.237 e. The zero-order chi connectivity index (χ0) is 20.9. The standard InChI is InChI=1S/C22H28N4O4/c1-29-19-4-2-18(3-5-19)24-9-11-25(12-10-24)21(27)14-20-22(28)23-7-8-26(20)15-17-6-13-30-16-17/h2-6,13,16,20H,7-12,14-15H2,1H3,(H,23,28). The van der Waals surface area contributed by atoms with Crippen molar-refractivity contribution in [2.75, 3.05) is 51.3 Å². The van der Waals surface area contributed by atoms with Crippen LogP contribution in [0, 0.1) is 0 Å². The number of piperazine rings is 2. The number of ether oxygens (including phenoxy) is 1. The Morgan fingerprint density at radius 2 is 1.90 bits per heavy atom. The molecule has 1 aromatic carbocycles. The fourth-order valence-corrected chi connectivity index (χ4v) is 4.09. The first-order valence-electron chi connectivity index (χ1n) is 10.3. The number of hydrogen-bond acceptors (Lipinski definition) is 6. The van der Waals surface area contributed by atoms with Gasteiger partial charge in [-0.25, -0.2) is 0 Å². The third kappa shape index (κ3) is 4.59. The lowest BCUT2D eigenvalue weighted by Gasteiger charge is -2.38. The number of hydrogen-bond donors (Lipinski definition) is 1. The van der Waals surface area contributed by atoms with Gasteiger partial charge in [0.1, 0.15) is 5.75 Å². The van der Waals surface area contributed by atoms with Gasteiger partial charge < -0.3 is 24.3 Å². The third-order valence-electron chi connectivity index (χ3n) is 5.85. The quantitative estimate of drug-likeness (QED) is 0.771. The number of nitrogens with one attached hydrogen (secondary N) is 1. The summed E-state index contributed by atoms with van der Waals surface area (Å²) in [6.07, 6.45) is 3.51. The van der Waals surface area contributed by atoms with Crippen LogP contribution in [0.5, 0.6) is 5.75 Å². The molecule has 2 aliphatic rings. The Bertz CT molecular complexity index is 845. The first-order chi connectivity index (χ1) is 14.6. The van der Waals surface area contributed by atoms with Crippen LogP contribution in [-0.2, 0) is 16.1 Å². The second kappa shape index (κ2) is 9.21. The predicted octanol–water partition coefficient (Wildman–Crippen LogP) is 1.33. The van der Waals surface area contributed by atoms with Crippen LogP contribution in [0.2, 0.25) is 0 Å². The van der Waals surface area contributed by atoms with Gasteiger partial charge in [0.05, 0.1) is 32.1 Å². The number of amides is 2. The zero-order valence-electron chi connectivity index (χ0n) is 17.3. The van der Waals surface area contributed by atoms with Crippen LogP contribution in [0.1, 0.15) is 12.0 Å². The molecule has 2 aromatic rings. The van der Waals surface area contributed by atoms with Crippen molar-refractivity contribution in [3.63, 3.8) is 0 Å². The van der Waals surface area contributed by atoms with E-state index in [0.717, 1.165) is 36.6 Å². The Hall–Kier alpha value is -3.00. The van der Waals surface area contributed by atoms with Gasteiger partial charge in [-0.2, -0.15) is 0 Å². The summed E-state index contributed by atoms with van der Waals surface area (Å²) in [7, 11) is 1.66. The number of carbonyl (C=O) groups is 2. The number of carbonyl (C=O) groups excluding carboxylic acids is 2. The van der Waals surface area contributed by atoms with Gasteiger partial charge in [-0.15, -0.1) is 0 Å². The highest BCUT2D eigenvalue weighted by atomic mass is 16.5. The maximum atomic E-state index is 13.0. The highest BCUT2D eigenvalue weighted by Gasteiger charge is 2.33. The molecule has 0 saturated carbocycles. The molecule has 2 saturated heterocycles. The van der Waals surface area contributed by atoms with Crippen molar-refractivity contribution in [2.45, 2.75) is 19.0 Å². The second-order valence-electron chi connectivity index (χ2n) is 7.68. The summed E-state index contributed by atoms with van der Waals surface area (Å²) < 4.78 is 10.4. The van der Waals surface area contributed by atoms with Crippen molar-refractivity contribution < 1.29 is 18.7 Å². The molecular weight excluding hydrogens is 384 g/mol. The molecule has 1 N–H and O–H groups in total. The van der Waals surface area contributed by atoms with E-state index in [2.05, 4.69) is 15.1 Å². The lowest BCUT2D eigenvalue weighted by molar-refractivity contribution is -0.139. The predicted molar refractivity (Wildman–Crippen MR) is 112 cm³/mol. The van der Waals surface area contributed by atoms with E-state index in [9.17, 15) is 9.59 Å². The SMILES string of the molecule is COc1ccc(N2CCN(C(=O)CC3C(=O)NCCN3Cc3ccoc3)CC2)cc1. The zero-order valence-corrected chi connectivity index (χ0v) is 17.3. The summed E-state index contributed by atoms with van der Waals surface area (Å²) in [5.41, 5.74) is 2.14. The molecule has 0 aliphatic carbocycles. The molecule has 1 atom stereocenters. The van der Waals surface area contributed by atoms with Crippen LogP contribution >= 0.6 is 0 Å². The molecule has 4 rings (SSSR count). The Labute approximate surface area is 176 Å². The highest BCUT2D eigenvalue weighted by molar-refractivity contribution is 5.89. The van der Waals surface area contributed by atoms with E-state index in [1.807, 2.05) is 35.2 Å². The van der Waals surface area contributed by atoms with Gasteiger partial charge in [0, 0.05) is 57.1 Å². The topological polar surface area (TPSA) is 78.3 Å². The fourth-order valence-electron chi connectivity index (χ4n) is 4.09. The molecular formula is C22H28N4O4. The van der Waals surface area contributed by atoms with Crippen molar-refractivity contribution >= 4 is 17.5 Å². The van der Waals surface area contributed by atoms with Gasteiger partial charge in [0.25, 0.3) is 0 Å². The largest absolute Gasteiger partial charge is 0.497 e. The lowest BCUT2D eigenvalue weighted by Crippen LogP contribution is -2.57. The van der Waals surface area contributed by atoms with Gasteiger partial charge in [-0.1, -0.05) is 0 Å². The summed E-state index contributed by atoms with van der Waals surface area (Å²) in [5, 5.41) is 2.89. The molecule has 8 heteroatoms. The summed E-state index contributed by atoms with van der Waals surface area (Å²) >= 11 is 0. The van der Waals surface area contributed by atoms with Gasteiger partial charge in [-0.3, -0.25) is 14.5 Å². The Kier molecular flexibility index (Phi) is 6.23. The van der Waals surface area contributed by atoms with Crippen molar-refractivity contribution in [1.29, 1.82) is 0 Å². The van der Waals surface area contributed by atoms with Crippen LogP contribution in [0.15, 0.2) is 47.3 Å². The van der Waals surface area contributed by atoms with Crippen LogP contribution in [-0.4, -0.2) is 74.0 Å². The minimum Gasteiger partial charge on any atom is -0.497 e. The minimum absolute atomic E-state index is 0.0311. The molecule has 2 aliphatic heterocycles. The van der Waals surface area contributed by atoms with E-state index < -0.39 is 6.04 Å². The Morgan fingerprint density at radius 1 is 1.13 bits per heavy atom. The average molecular weight is 412 g/mol. The molecule has 1 aromatic heterocycles. The number of rotatable bonds is 6. The minimum atomic E-state index is -0.444. The average Bonchev–Trinajstić information content (AvgIpc) is 3.29. The maximum Gasteiger partial charge on any atom is 0.237 e. The van der Waals surface area contributed by atoms with Crippen molar-refractivity contribution in [3.8, 4) is 5.75 Å². The van der Waals surface area contributed by atoms with Crippen LogP contribution in [0.4, 0.5) is 5.69 Å². The van der Waals surface area contributed by atoms with Crippen LogP contribution in [0.3, 0.4) is 0 Å². The number of methoxy groups -OCH3 is 1. The Balaban J connectivity index is 1.33. The number of benzene rings is 1. The van der Waals surface area contributed by atoms with Crippen LogP contribution < -0.4 is 15.0 Å². The van der Waals surface area contributed by atoms with Gasteiger partial charge in [0.2, 0.25) is 11.8 Å². The summed E-state index contributed by atoms with van der Waals surface area (Å²) in [6, 6.07) is 9.42. The monoisotopic (exact) mass is 412 g/mol. The molecule has 2 fully saturated rings. The lowest BCUT2D eigenvalue weighted by atomic mass is 10.1. The number of anilines is 1. The maximum absolute atomic E-state index is 13.0. The van der Waals surface area contributed by atoms with Crippen molar-refractivity contribution in [3.05, 3.63) is 48.4 Å². The fraction of sp³-hybridized carbons (Fsp3) is 0.455. The third-order valence-corrected chi connectivity index (χ3v) is 5.85. The number of furan rings is 1. The molecule has 0 radical (unpaired) electrons. The first-order valence-corrected chi connectivity index (χ1v) is 10.3. The molecule has 2 amide bonds. The summed E-state index contributed by atoms with van der Waals surface area (Å²) in [5.74, 6) is 0.789. The molecule has 1 unspecified atom stereocenters. The Morgan fingerprint density at radius 3 is 2.57 bits per heavy atom. The molecule has 0 spiro atoms. The van der Waals surface area contributed by atoms with Gasteiger partial charge >= 0.3 is 0 Å². The van der Waals surface area contributed by atoms with E-state index in [1.165, 1.54) is 0 Å². The molecule has 30 heavy (non-hydrogen) atoms. The highest BCUT2D eigenvalue weighted by Crippen LogP contribution is 2.21. The van der Waals surface area contributed by atoms with Gasteiger partial charge in [0.15, 0.2) is 0 Å². The van der Waals surface area contributed by atoms with E-state index in [-0.39, 0.29) is 18.2 Å². The van der Waals surface area contributed by atoms with E-state index in [4.69, 9.17) is 9.15 Å². The van der Waals surface area contributed by atoms with Crippen LogP contribution in [0.25, 0.3) is 0 Å². The number of nitrogens with zero attached hydrogens (tertiary/aromatic N) is 3.